The fraction of sp³-hybridized carbons (Fsp3) is 0.583. The molecule has 0 aliphatic heterocycles. The predicted molar refractivity (Wildman–Crippen MR) is 67.5 cm³/mol. The van der Waals surface area contributed by atoms with Gasteiger partial charge in [0.2, 0.25) is 0 Å². The Morgan fingerprint density at radius 3 is 2.39 bits per heavy atom. The summed E-state index contributed by atoms with van der Waals surface area (Å²) in [7, 11) is 2.95. The molecule has 6 heteroatoms. The fourth-order valence-electron chi connectivity index (χ4n) is 2.38. The number of anilines is 1. The van der Waals surface area contributed by atoms with Gasteiger partial charge in [-0.25, -0.2) is 4.79 Å². The zero-order valence-electron chi connectivity index (χ0n) is 10.6. The normalized spacial score (nSPS) is 15.6. The summed E-state index contributed by atoms with van der Waals surface area (Å²) in [6.45, 7) is 0. The Kier molecular flexibility index (Phi) is 3.24. The van der Waals surface area contributed by atoms with Gasteiger partial charge in [-0.15, -0.1) is 0 Å². The molecule has 1 aromatic heterocycles. The molecule has 0 bridgehead atoms. The first-order valence-electron chi connectivity index (χ1n) is 6.03. The maximum Gasteiger partial charge on any atom is 0.332 e. The van der Waals surface area contributed by atoms with Crippen molar-refractivity contribution in [1.82, 2.24) is 9.13 Å². The Hall–Kier alpha value is -2.03. The van der Waals surface area contributed by atoms with E-state index in [4.69, 9.17) is 5.26 Å². The van der Waals surface area contributed by atoms with Crippen LogP contribution in [0.25, 0.3) is 0 Å². The van der Waals surface area contributed by atoms with Crippen molar-refractivity contribution in [2.24, 2.45) is 14.1 Å². The molecule has 1 aromatic rings. The van der Waals surface area contributed by atoms with E-state index in [1.54, 1.807) is 7.05 Å². The second-order valence-corrected chi connectivity index (χ2v) is 4.67. The van der Waals surface area contributed by atoms with Crippen molar-refractivity contribution in [2.45, 2.75) is 31.7 Å². The molecule has 18 heavy (non-hydrogen) atoms. The first kappa shape index (κ1) is 12.4. The van der Waals surface area contributed by atoms with Crippen LogP contribution in [-0.2, 0) is 14.1 Å². The van der Waals surface area contributed by atoms with Gasteiger partial charge in [0, 0.05) is 20.1 Å². The molecular formula is C12H16N4O2. The van der Waals surface area contributed by atoms with Gasteiger partial charge in [-0.1, -0.05) is 12.8 Å². The Labute approximate surface area is 104 Å². The molecule has 0 unspecified atom stereocenters. The number of nitriles is 1. The number of aromatic nitrogens is 2. The molecule has 96 valence electrons. The third-order valence-corrected chi connectivity index (χ3v) is 3.47. The minimum Gasteiger partial charge on any atom is -0.367 e. The van der Waals surface area contributed by atoms with Crippen LogP contribution in [0.2, 0.25) is 0 Å². The van der Waals surface area contributed by atoms with Crippen LogP contribution < -0.4 is 16.6 Å². The summed E-state index contributed by atoms with van der Waals surface area (Å²) in [5, 5.41) is 12.3. The molecule has 0 spiro atoms. The van der Waals surface area contributed by atoms with Crippen molar-refractivity contribution in [1.29, 1.82) is 5.26 Å². The van der Waals surface area contributed by atoms with Crippen LogP contribution in [0.4, 0.5) is 5.82 Å². The lowest BCUT2D eigenvalue weighted by atomic mass is 10.2. The zero-order chi connectivity index (χ0) is 13.3. The largest absolute Gasteiger partial charge is 0.367 e. The van der Waals surface area contributed by atoms with Crippen molar-refractivity contribution in [3.63, 3.8) is 0 Å². The van der Waals surface area contributed by atoms with Crippen LogP contribution in [0.5, 0.6) is 0 Å². The van der Waals surface area contributed by atoms with E-state index in [2.05, 4.69) is 5.32 Å². The lowest BCUT2D eigenvalue weighted by Crippen LogP contribution is -2.40. The molecule has 2 rings (SSSR count). The SMILES string of the molecule is Cn1c(NC2CCCC2)c(C#N)c(=O)n(C)c1=O. The van der Waals surface area contributed by atoms with Crippen LogP contribution >= 0.6 is 0 Å². The summed E-state index contributed by atoms with van der Waals surface area (Å²) < 4.78 is 2.29. The van der Waals surface area contributed by atoms with E-state index in [0.29, 0.717) is 5.82 Å². The number of hydrogen-bond donors (Lipinski definition) is 1. The Morgan fingerprint density at radius 1 is 1.22 bits per heavy atom. The summed E-state index contributed by atoms with van der Waals surface area (Å²) in [6, 6.07) is 2.14. The summed E-state index contributed by atoms with van der Waals surface area (Å²) in [5.41, 5.74) is -0.952. The highest BCUT2D eigenvalue weighted by molar-refractivity contribution is 5.51. The van der Waals surface area contributed by atoms with Crippen molar-refractivity contribution >= 4 is 5.82 Å². The molecule has 6 nitrogen and oxygen atoms in total. The van der Waals surface area contributed by atoms with Crippen LogP contribution in [0.3, 0.4) is 0 Å². The molecule has 1 aliphatic carbocycles. The Bertz CT molecular complexity index is 615. The van der Waals surface area contributed by atoms with Gasteiger partial charge >= 0.3 is 5.69 Å². The topological polar surface area (TPSA) is 79.8 Å². The minimum atomic E-state index is -0.541. The highest BCUT2D eigenvalue weighted by Crippen LogP contribution is 2.22. The summed E-state index contributed by atoms with van der Waals surface area (Å²) in [6.07, 6.45) is 4.29. The van der Waals surface area contributed by atoms with Gasteiger partial charge in [0.05, 0.1) is 0 Å². The van der Waals surface area contributed by atoms with Gasteiger partial charge in [-0.2, -0.15) is 5.26 Å². The lowest BCUT2D eigenvalue weighted by Gasteiger charge is -2.17. The molecular weight excluding hydrogens is 232 g/mol. The van der Waals surface area contributed by atoms with Gasteiger partial charge in [0.25, 0.3) is 5.56 Å². The monoisotopic (exact) mass is 248 g/mol. The maximum atomic E-state index is 11.9. The van der Waals surface area contributed by atoms with Crippen LogP contribution in [0, 0.1) is 11.3 Å². The molecule has 0 atom stereocenters. The van der Waals surface area contributed by atoms with Gasteiger partial charge in [-0.3, -0.25) is 13.9 Å². The predicted octanol–water partition coefficient (Wildman–Crippen LogP) is 0.310. The van der Waals surface area contributed by atoms with E-state index in [1.807, 2.05) is 6.07 Å². The first-order chi connectivity index (χ1) is 8.56. The average Bonchev–Trinajstić information content (AvgIpc) is 2.87. The third kappa shape index (κ3) is 1.92. The van der Waals surface area contributed by atoms with Crippen molar-refractivity contribution in [2.75, 3.05) is 5.32 Å². The number of nitrogens with zero attached hydrogens (tertiary/aromatic N) is 3. The van der Waals surface area contributed by atoms with Gasteiger partial charge in [0.15, 0.2) is 5.56 Å². The van der Waals surface area contributed by atoms with E-state index in [1.165, 1.54) is 11.6 Å². The van der Waals surface area contributed by atoms with Crippen molar-refractivity contribution < 1.29 is 0 Å². The molecule has 1 fully saturated rings. The molecule has 0 radical (unpaired) electrons. The van der Waals surface area contributed by atoms with E-state index in [9.17, 15) is 9.59 Å². The highest BCUT2D eigenvalue weighted by Gasteiger charge is 2.20. The quantitative estimate of drug-likeness (QED) is 0.817. The van der Waals surface area contributed by atoms with Gasteiger partial charge < -0.3 is 5.32 Å². The molecule has 0 aromatic carbocycles. The molecule has 1 heterocycles. The van der Waals surface area contributed by atoms with E-state index in [-0.39, 0.29) is 11.6 Å². The number of nitrogens with one attached hydrogen (secondary N) is 1. The number of rotatable bonds is 2. The third-order valence-electron chi connectivity index (χ3n) is 3.47. The van der Waals surface area contributed by atoms with Crippen molar-refractivity contribution in [3.8, 4) is 6.07 Å². The zero-order valence-corrected chi connectivity index (χ0v) is 10.6. The van der Waals surface area contributed by atoms with Gasteiger partial charge in [0.1, 0.15) is 11.9 Å². The second kappa shape index (κ2) is 4.69. The molecule has 1 saturated carbocycles. The van der Waals surface area contributed by atoms with Gasteiger partial charge in [-0.05, 0) is 12.8 Å². The Balaban J connectivity index is 2.55. The lowest BCUT2D eigenvalue weighted by molar-refractivity contribution is 0.666. The average molecular weight is 248 g/mol. The first-order valence-corrected chi connectivity index (χ1v) is 6.03. The molecule has 1 N–H and O–H groups in total. The number of hydrogen-bond acceptors (Lipinski definition) is 4. The fourth-order valence-corrected chi connectivity index (χ4v) is 2.38. The standard InChI is InChI=1S/C12H16N4O2/c1-15-10(14-8-5-3-4-6-8)9(7-13)11(17)16(2)12(15)18/h8,14H,3-6H2,1-2H3. The highest BCUT2D eigenvalue weighted by atomic mass is 16.2. The maximum absolute atomic E-state index is 11.9. The smallest absolute Gasteiger partial charge is 0.332 e. The summed E-state index contributed by atoms with van der Waals surface area (Å²) in [5.74, 6) is 0.345. The van der Waals surface area contributed by atoms with Crippen LogP contribution in [-0.4, -0.2) is 15.2 Å². The molecule has 0 amide bonds. The van der Waals surface area contributed by atoms with Crippen molar-refractivity contribution in [3.05, 3.63) is 26.4 Å². The molecule has 0 saturated heterocycles. The second-order valence-electron chi connectivity index (χ2n) is 4.67. The molecule has 1 aliphatic rings. The minimum absolute atomic E-state index is 0.00602. The van der Waals surface area contributed by atoms with E-state index in [0.717, 1.165) is 30.3 Å². The summed E-state index contributed by atoms with van der Waals surface area (Å²) in [4.78, 5) is 23.7. The van der Waals surface area contributed by atoms with Crippen LogP contribution in [0.15, 0.2) is 9.59 Å². The Morgan fingerprint density at radius 2 is 1.83 bits per heavy atom. The van der Waals surface area contributed by atoms with E-state index < -0.39 is 11.2 Å². The van der Waals surface area contributed by atoms with E-state index >= 15 is 0 Å². The van der Waals surface area contributed by atoms with Crippen LogP contribution in [0.1, 0.15) is 31.2 Å². The summed E-state index contributed by atoms with van der Waals surface area (Å²) >= 11 is 0.